The summed E-state index contributed by atoms with van der Waals surface area (Å²) in [6.07, 6.45) is 2.85. The van der Waals surface area contributed by atoms with Crippen molar-refractivity contribution >= 4 is 11.8 Å². The topological polar surface area (TPSA) is 104 Å². The number of nitrogens with zero attached hydrogens (tertiary/aromatic N) is 4. The molecule has 1 unspecified atom stereocenters. The SMILES string of the molecule is C=CC(=O)N(C)CC(=O)NC(C)c1nc(-c2cc(C)ccn2)n[nH]1. The number of H-pyrrole nitrogens is 1. The van der Waals surface area contributed by atoms with Crippen LogP contribution in [0, 0.1) is 6.92 Å². The quantitative estimate of drug-likeness (QED) is 0.770. The zero-order chi connectivity index (χ0) is 17.7. The molecule has 0 bridgehead atoms. The summed E-state index contributed by atoms with van der Waals surface area (Å²) in [5.74, 6) is 0.366. The van der Waals surface area contributed by atoms with Gasteiger partial charge in [-0.15, -0.1) is 0 Å². The number of rotatable bonds is 6. The number of carbonyl (C=O) groups is 2. The number of hydrogen-bond acceptors (Lipinski definition) is 5. The lowest BCUT2D eigenvalue weighted by Crippen LogP contribution is -2.38. The second-order valence-electron chi connectivity index (χ2n) is 5.45. The molecule has 0 fully saturated rings. The molecule has 1 atom stereocenters. The number of likely N-dealkylation sites (N-methyl/N-ethyl adjacent to an activating group) is 1. The van der Waals surface area contributed by atoms with E-state index in [4.69, 9.17) is 0 Å². The summed E-state index contributed by atoms with van der Waals surface area (Å²) in [4.78, 5) is 33.2. The largest absolute Gasteiger partial charge is 0.345 e. The van der Waals surface area contributed by atoms with Gasteiger partial charge in [-0.1, -0.05) is 6.58 Å². The zero-order valence-electron chi connectivity index (χ0n) is 13.9. The second kappa shape index (κ2) is 7.49. The van der Waals surface area contributed by atoms with Gasteiger partial charge in [0.2, 0.25) is 11.8 Å². The van der Waals surface area contributed by atoms with Crippen LogP contribution in [0.5, 0.6) is 0 Å². The number of aryl methyl sites for hydroxylation is 1. The van der Waals surface area contributed by atoms with E-state index >= 15 is 0 Å². The first-order valence-corrected chi connectivity index (χ1v) is 7.43. The standard InChI is InChI=1S/C16H20N6O2/c1-5-14(24)22(4)9-13(23)18-11(3)15-19-16(21-20-15)12-8-10(2)6-7-17-12/h5-8,11H,1,9H2,2-4H3,(H,18,23)(H,19,20,21). The summed E-state index contributed by atoms with van der Waals surface area (Å²) in [5, 5.41) is 9.70. The smallest absolute Gasteiger partial charge is 0.246 e. The van der Waals surface area contributed by atoms with E-state index in [0.717, 1.165) is 11.6 Å². The first kappa shape index (κ1) is 17.3. The molecule has 0 aliphatic carbocycles. The van der Waals surface area contributed by atoms with Crippen LogP contribution >= 0.6 is 0 Å². The van der Waals surface area contributed by atoms with Crippen LogP contribution < -0.4 is 5.32 Å². The van der Waals surface area contributed by atoms with Gasteiger partial charge >= 0.3 is 0 Å². The monoisotopic (exact) mass is 328 g/mol. The fourth-order valence-corrected chi connectivity index (χ4v) is 2.05. The summed E-state index contributed by atoms with van der Waals surface area (Å²) in [6.45, 7) is 7.06. The molecule has 0 saturated carbocycles. The van der Waals surface area contributed by atoms with Crippen molar-refractivity contribution in [2.45, 2.75) is 19.9 Å². The molecule has 8 nitrogen and oxygen atoms in total. The van der Waals surface area contributed by atoms with Gasteiger partial charge < -0.3 is 10.2 Å². The molecular formula is C16H20N6O2. The third-order valence-corrected chi connectivity index (χ3v) is 3.37. The van der Waals surface area contributed by atoms with Crippen LogP contribution in [0.4, 0.5) is 0 Å². The molecule has 0 radical (unpaired) electrons. The van der Waals surface area contributed by atoms with Gasteiger partial charge in [0.25, 0.3) is 0 Å². The van der Waals surface area contributed by atoms with Gasteiger partial charge in [0.15, 0.2) is 5.82 Å². The van der Waals surface area contributed by atoms with Crippen molar-refractivity contribution in [1.82, 2.24) is 30.4 Å². The molecule has 0 aliphatic heterocycles. The molecule has 0 aliphatic rings. The van der Waals surface area contributed by atoms with Crippen molar-refractivity contribution in [1.29, 1.82) is 0 Å². The first-order valence-electron chi connectivity index (χ1n) is 7.43. The average molecular weight is 328 g/mol. The number of nitrogens with one attached hydrogen (secondary N) is 2. The molecule has 0 aromatic carbocycles. The van der Waals surface area contributed by atoms with Crippen LogP contribution in [0.1, 0.15) is 24.4 Å². The summed E-state index contributed by atoms with van der Waals surface area (Å²) in [5.41, 5.74) is 1.72. The molecule has 2 aromatic rings. The van der Waals surface area contributed by atoms with E-state index in [1.54, 1.807) is 13.1 Å². The van der Waals surface area contributed by atoms with Gasteiger partial charge in [-0.05, 0) is 37.6 Å². The van der Waals surface area contributed by atoms with E-state index in [1.165, 1.54) is 11.9 Å². The minimum absolute atomic E-state index is 0.0599. The van der Waals surface area contributed by atoms with Crippen molar-refractivity contribution < 1.29 is 9.59 Å². The molecule has 2 amide bonds. The Morgan fingerprint density at radius 2 is 2.25 bits per heavy atom. The molecule has 0 saturated heterocycles. The Labute approximate surface area is 140 Å². The van der Waals surface area contributed by atoms with Crippen LogP contribution in [-0.4, -0.2) is 50.5 Å². The Morgan fingerprint density at radius 1 is 1.50 bits per heavy atom. The van der Waals surface area contributed by atoms with Gasteiger partial charge in [0.05, 0.1) is 12.6 Å². The van der Waals surface area contributed by atoms with Gasteiger partial charge in [-0.25, -0.2) is 4.98 Å². The van der Waals surface area contributed by atoms with Crippen LogP contribution in [-0.2, 0) is 9.59 Å². The van der Waals surface area contributed by atoms with E-state index in [9.17, 15) is 9.59 Å². The number of hydrogen-bond donors (Lipinski definition) is 2. The van der Waals surface area contributed by atoms with Crippen molar-refractivity contribution in [2.24, 2.45) is 0 Å². The zero-order valence-corrected chi connectivity index (χ0v) is 13.9. The maximum Gasteiger partial charge on any atom is 0.246 e. The molecule has 2 heterocycles. The summed E-state index contributed by atoms with van der Waals surface area (Å²) in [7, 11) is 1.53. The highest BCUT2D eigenvalue weighted by Crippen LogP contribution is 2.15. The molecule has 8 heteroatoms. The minimum atomic E-state index is -0.379. The molecular weight excluding hydrogens is 308 g/mol. The van der Waals surface area contributed by atoms with Gasteiger partial charge in [0, 0.05) is 13.2 Å². The molecule has 2 aromatic heterocycles. The minimum Gasteiger partial charge on any atom is -0.345 e. The lowest BCUT2D eigenvalue weighted by Gasteiger charge is -2.16. The molecule has 2 rings (SSSR count). The van der Waals surface area contributed by atoms with Crippen LogP contribution in [0.3, 0.4) is 0 Å². The number of aromatic amines is 1. The second-order valence-corrected chi connectivity index (χ2v) is 5.45. The predicted molar refractivity (Wildman–Crippen MR) is 88.7 cm³/mol. The van der Waals surface area contributed by atoms with E-state index in [2.05, 4.69) is 32.1 Å². The molecule has 0 spiro atoms. The lowest BCUT2D eigenvalue weighted by atomic mass is 10.2. The van der Waals surface area contributed by atoms with Crippen molar-refractivity contribution in [2.75, 3.05) is 13.6 Å². The summed E-state index contributed by atoms with van der Waals surface area (Å²) < 4.78 is 0. The fraction of sp³-hybridized carbons (Fsp3) is 0.312. The van der Waals surface area contributed by atoms with Crippen molar-refractivity contribution in [3.05, 3.63) is 42.4 Å². The van der Waals surface area contributed by atoms with Crippen molar-refractivity contribution in [3.8, 4) is 11.5 Å². The van der Waals surface area contributed by atoms with E-state index in [-0.39, 0.29) is 24.4 Å². The maximum absolute atomic E-state index is 12.0. The van der Waals surface area contributed by atoms with Crippen LogP contribution in [0.2, 0.25) is 0 Å². The molecule has 126 valence electrons. The molecule has 24 heavy (non-hydrogen) atoms. The summed E-state index contributed by atoms with van der Waals surface area (Å²) in [6, 6.07) is 3.39. The Bertz CT molecular complexity index is 755. The van der Waals surface area contributed by atoms with E-state index < -0.39 is 0 Å². The lowest BCUT2D eigenvalue weighted by molar-refractivity contribution is -0.131. The summed E-state index contributed by atoms with van der Waals surface area (Å²) >= 11 is 0. The fourth-order valence-electron chi connectivity index (χ4n) is 2.05. The van der Waals surface area contributed by atoms with Gasteiger partial charge in [0.1, 0.15) is 11.5 Å². The average Bonchev–Trinajstić information content (AvgIpc) is 3.04. The van der Waals surface area contributed by atoms with Crippen molar-refractivity contribution in [3.63, 3.8) is 0 Å². The Balaban J connectivity index is 2.01. The van der Waals surface area contributed by atoms with Crippen LogP contribution in [0.25, 0.3) is 11.5 Å². The van der Waals surface area contributed by atoms with Gasteiger partial charge in [-0.2, -0.15) is 5.10 Å². The first-order chi connectivity index (χ1) is 11.4. The molecule has 2 N–H and O–H groups in total. The Morgan fingerprint density at radius 3 is 2.92 bits per heavy atom. The number of carbonyl (C=O) groups excluding carboxylic acids is 2. The highest BCUT2D eigenvalue weighted by Gasteiger charge is 2.17. The number of pyridine rings is 1. The third-order valence-electron chi connectivity index (χ3n) is 3.37. The number of aromatic nitrogens is 4. The van der Waals surface area contributed by atoms with Gasteiger partial charge in [-0.3, -0.25) is 19.7 Å². The third kappa shape index (κ3) is 4.25. The Hall–Kier alpha value is -3.03. The van der Waals surface area contributed by atoms with E-state index in [0.29, 0.717) is 17.3 Å². The highest BCUT2D eigenvalue weighted by atomic mass is 16.2. The predicted octanol–water partition coefficient (Wildman–Crippen LogP) is 0.997. The number of amides is 2. The maximum atomic E-state index is 12.0. The normalized spacial score (nSPS) is 11.6. The highest BCUT2D eigenvalue weighted by molar-refractivity contribution is 5.90. The van der Waals surface area contributed by atoms with E-state index in [1.807, 2.05) is 19.1 Å². The van der Waals surface area contributed by atoms with Crippen LogP contribution in [0.15, 0.2) is 31.0 Å². The Kier molecular flexibility index (Phi) is 5.41.